The molecule has 3 nitrogen and oxygen atoms in total. The van der Waals surface area contributed by atoms with E-state index in [0.29, 0.717) is 0 Å². The zero-order valence-corrected chi connectivity index (χ0v) is 11.0. The molecule has 0 amide bonds. The third-order valence-corrected chi connectivity index (χ3v) is 2.73. The number of nitrogens with zero attached hydrogens (tertiary/aromatic N) is 1. The molecule has 4 heteroatoms. The smallest absolute Gasteiger partial charge is 0.543 e. The molecule has 1 aromatic heterocycles. The van der Waals surface area contributed by atoms with Gasteiger partial charge >= 0.3 is 29.6 Å². The van der Waals surface area contributed by atoms with E-state index in [-0.39, 0.29) is 35.3 Å². The van der Waals surface area contributed by atoms with Crippen LogP contribution in [0.3, 0.4) is 0 Å². The molecule has 1 aliphatic rings. The molecule has 2 rings (SSSR count). The summed E-state index contributed by atoms with van der Waals surface area (Å²) in [6.45, 7) is 3.63. The van der Waals surface area contributed by atoms with Gasteiger partial charge in [-0.3, -0.25) is 0 Å². The van der Waals surface area contributed by atoms with Crippen molar-refractivity contribution in [2.24, 2.45) is 0 Å². The minimum Gasteiger partial charge on any atom is -0.543 e. The first-order chi connectivity index (χ1) is 6.74. The van der Waals surface area contributed by atoms with Crippen LogP contribution >= 0.6 is 0 Å². The van der Waals surface area contributed by atoms with Crippen LogP contribution in [0.15, 0.2) is 12.6 Å². The van der Waals surface area contributed by atoms with Gasteiger partial charge in [0.25, 0.3) is 0 Å². The molecule has 0 aliphatic heterocycles. The fourth-order valence-electron chi connectivity index (χ4n) is 2.09. The van der Waals surface area contributed by atoms with E-state index in [1.807, 2.05) is 0 Å². The quantitative estimate of drug-likeness (QED) is 0.525. The van der Waals surface area contributed by atoms with Gasteiger partial charge in [-0.15, -0.1) is 0 Å². The molecule has 1 aliphatic carbocycles. The number of fused-ring (bicyclic) bond motifs is 1. The van der Waals surface area contributed by atoms with E-state index in [9.17, 15) is 9.90 Å². The first kappa shape index (κ1) is 12.6. The Kier molecular flexibility index (Phi) is 4.20. The Morgan fingerprint density at radius 3 is 2.73 bits per heavy atom. The van der Waals surface area contributed by atoms with Crippen LogP contribution in [0.5, 0.6) is 0 Å². The third kappa shape index (κ3) is 2.19. The Morgan fingerprint density at radius 1 is 1.47 bits per heavy atom. The van der Waals surface area contributed by atoms with Gasteiger partial charge in [-0.1, -0.05) is 6.58 Å². The molecule has 0 radical (unpaired) electrons. The number of hydrogen-bond donors (Lipinski definition) is 0. The Hall–Kier alpha value is -0.510. The van der Waals surface area contributed by atoms with E-state index in [1.54, 1.807) is 16.8 Å². The number of aromatic nitrogens is 1. The summed E-state index contributed by atoms with van der Waals surface area (Å²) in [5, 5.41) is 10.8. The van der Waals surface area contributed by atoms with Crippen molar-refractivity contribution in [3.05, 3.63) is 29.6 Å². The summed E-state index contributed by atoms with van der Waals surface area (Å²) < 4.78 is 1.64. The van der Waals surface area contributed by atoms with Gasteiger partial charge in [-0.05, 0) is 37.3 Å². The predicted molar refractivity (Wildman–Crippen MR) is 51.8 cm³/mol. The second-order valence-corrected chi connectivity index (χ2v) is 3.55. The van der Waals surface area contributed by atoms with Gasteiger partial charge < -0.3 is 14.5 Å². The second kappa shape index (κ2) is 5.01. The number of hydrogen-bond acceptors (Lipinski definition) is 2. The zero-order valence-electron chi connectivity index (χ0n) is 8.95. The van der Waals surface area contributed by atoms with Crippen LogP contribution in [0, 0.1) is 0 Å². The maximum atomic E-state index is 10.8. The number of aryl methyl sites for hydroxylation is 1. The molecular formula is C11H12NNaO2. The average molecular weight is 213 g/mol. The van der Waals surface area contributed by atoms with E-state index < -0.39 is 5.97 Å². The minimum absolute atomic E-state index is 0. The Bertz CT molecular complexity index is 396. The maximum Gasteiger partial charge on any atom is 1.00 e. The summed E-state index contributed by atoms with van der Waals surface area (Å²) in [6, 6.07) is 1.71. The summed E-state index contributed by atoms with van der Waals surface area (Å²) in [7, 11) is 0. The molecular weight excluding hydrogens is 201 g/mol. The molecule has 1 aromatic rings. The van der Waals surface area contributed by atoms with Crippen LogP contribution in [-0.4, -0.2) is 10.5 Å². The number of aromatic carboxylic acids is 1. The fourth-order valence-corrected chi connectivity index (χ4v) is 2.09. The molecule has 0 unspecified atom stereocenters. The summed E-state index contributed by atoms with van der Waals surface area (Å²) >= 11 is 0. The largest absolute Gasteiger partial charge is 1.00 e. The van der Waals surface area contributed by atoms with Crippen LogP contribution in [-0.2, 0) is 12.8 Å². The summed E-state index contributed by atoms with van der Waals surface area (Å²) in [5.74, 6) is -1.13. The van der Waals surface area contributed by atoms with Crippen molar-refractivity contribution in [2.45, 2.75) is 25.7 Å². The van der Waals surface area contributed by atoms with Crippen LogP contribution in [0.25, 0.3) is 6.20 Å². The number of carbonyl (C=O) groups is 1. The summed E-state index contributed by atoms with van der Waals surface area (Å²) in [5.41, 5.74) is 2.45. The fraction of sp³-hybridized carbons (Fsp3) is 0.364. The van der Waals surface area contributed by atoms with Crippen LogP contribution in [0.2, 0.25) is 0 Å². The summed E-state index contributed by atoms with van der Waals surface area (Å²) in [6.07, 6.45) is 5.72. The number of rotatable bonds is 2. The third-order valence-electron chi connectivity index (χ3n) is 2.73. The van der Waals surface area contributed by atoms with Crippen LogP contribution in [0.1, 0.15) is 34.6 Å². The molecule has 1 heterocycles. The molecule has 74 valence electrons. The Morgan fingerprint density at radius 2 is 2.13 bits per heavy atom. The van der Waals surface area contributed by atoms with Gasteiger partial charge in [-0.25, -0.2) is 0 Å². The molecule has 0 N–H and O–H groups in total. The average Bonchev–Trinajstić information content (AvgIpc) is 2.56. The first-order valence-electron chi connectivity index (χ1n) is 4.81. The monoisotopic (exact) mass is 213 g/mol. The van der Waals surface area contributed by atoms with Gasteiger partial charge in [-0.2, -0.15) is 0 Å². The van der Waals surface area contributed by atoms with E-state index in [2.05, 4.69) is 6.58 Å². The van der Waals surface area contributed by atoms with Crippen molar-refractivity contribution in [1.29, 1.82) is 0 Å². The summed E-state index contributed by atoms with van der Waals surface area (Å²) in [4.78, 5) is 10.8. The number of carboxylic acid groups (broad SMARTS) is 1. The topological polar surface area (TPSA) is 45.1 Å². The molecule has 0 atom stereocenters. The maximum absolute atomic E-state index is 10.8. The van der Waals surface area contributed by atoms with Gasteiger partial charge in [0.2, 0.25) is 0 Å². The molecule has 0 bridgehead atoms. The van der Waals surface area contributed by atoms with Crippen molar-refractivity contribution in [3.63, 3.8) is 0 Å². The van der Waals surface area contributed by atoms with E-state index in [0.717, 1.165) is 36.9 Å². The van der Waals surface area contributed by atoms with Crippen molar-refractivity contribution >= 4 is 12.2 Å². The van der Waals surface area contributed by atoms with Gasteiger partial charge in [0.15, 0.2) is 0 Å². The molecule has 0 saturated heterocycles. The van der Waals surface area contributed by atoms with Crippen molar-refractivity contribution in [1.82, 2.24) is 4.57 Å². The zero-order chi connectivity index (χ0) is 10.1. The standard InChI is InChI=1S/C11H13NO2.Na/c1-2-12-9-6-4-3-5-8(9)7-10(12)11(13)14;/h2,7H,1,3-6H2,(H,13,14);/q;+1/p-1. The Balaban J connectivity index is 0.00000112. The molecule has 0 saturated carbocycles. The minimum atomic E-state index is -1.13. The normalized spacial score (nSPS) is 13.9. The first-order valence-corrected chi connectivity index (χ1v) is 4.81. The number of carbonyl (C=O) groups excluding carboxylic acids is 1. The van der Waals surface area contributed by atoms with Gasteiger partial charge in [0.05, 0.1) is 11.7 Å². The van der Waals surface area contributed by atoms with Crippen LogP contribution in [0.4, 0.5) is 0 Å². The second-order valence-electron chi connectivity index (χ2n) is 3.55. The molecule has 0 aromatic carbocycles. The Labute approximate surface area is 111 Å². The van der Waals surface area contributed by atoms with Crippen molar-refractivity contribution in [2.75, 3.05) is 0 Å². The predicted octanol–water partition coefficient (Wildman–Crippen LogP) is -2.17. The molecule has 15 heavy (non-hydrogen) atoms. The molecule has 0 fully saturated rings. The molecule has 0 spiro atoms. The van der Waals surface area contributed by atoms with Gasteiger partial charge in [0, 0.05) is 11.9 Å². The van der Waals surface area contributed by atoms with Gasteiger partial charge in [0.1, 0.15) is 0 Å². The van der Waals surface area contributed by atoms with E-state index in [1.165, 1.54) is 0 Å². The van der Waals surface area contributed by atoms with E-state index >= 15 is 0 Å². The van der Waals surface area contributed by atoms with Crippen LogP contribution < -0.4 is 34.7 Å². The van der Waals surface area contributed by atoms with E-state index in [4.69, 9.17) is 0 Å². The SMILES string of the molecule is C=Cn1c(C(=O)[O-])cc2c1CCCC2.[Na+]. The van der Waals surface area contributed by atoms with Crippen molar-refractivity contribution < 1.29 is 39.5 Å². The number of carboxylic acids is 1. The van der Waals surface area contributed by atoms with Crippen molar-refractivity contribution in [3.8, 4) is 0 Å².